The van der Waals surface area contributed by atoms with Crippen molar-refractivity contribution in [1.29, 1.82) is 0 Å². The highest BCUT2D eigenvalue weighted by molar-refractivity contribution is 5.74. The summed E-state index contributed by atoms with van der Waals surface area (Å²) in [6, 6.07) is 5.20. The molecule has 0 radical (unpaired) electrons. The molecular formula is C17H23F3N2O4. The van der Waals surface area contributed by atoms with Crippen molar-refractivity contribution in [2.45, 2.75) is 25.7 Å². The summed E-state index contributed by atoms with van der Waals surface area (Å²) in [7, 11) is 1.58. The standard InChI is InChI=1S/C17H23F3N2O4/c1-22(11-16(12-23)6-8-25-9-7-16)15(24)21-10-13-4-2-3-5-14(13)26-17(18,19)20/h2-5,23H,6-12H2,1H3,(H,21,24). The molecule has 2 N–H and O–H groups in total. The summed E-state index contributed by atoms with van der Waals surface area (Å²) in [5, 5.41) is 12.3. The maximum atomic E-state index is 12.4. The maximum absolute atomic E-state index is 12.4. The van der Waals surface area contributed by atoms with Crippen LogP contribution in [0.2, 0.25) is 0 Å². The van der Waals surface area contributed by atoms with E-state index in [4.69, 9.17) is 4.74 Å². The lowest BCUT2D eigenvalue weighted by Crippen LogP contribution is -2.47. The van der Waals surface area contributed by atoms with E-state index in [2.05, 4.69) is 10.1 Å². The van der Waals surface area contributed by atoms with Gasteiger partial charge in [0.2, 0.25) is 0 Å². The van der Waals surface area contributed by atoms with Gasteiger partial charge in [-0.25, -0.2) is 4.79 Å². The Hall–Kier alpha value is -2.00. The number of para-hydroxylation sites is 1. The van der Waals surface area contributed by atoms with Gasteiger partial charge in [0.05, 0.1) is 6.61 Å². The molecule has 0 saturated carbocycles. The van der Waals surface area contributed by atoms with Gasteiger partial charge in [0.25, 0.3) is 0 Å². The van der Waals surface area contributed by atoms with Gasteiger partial charge in [-0.3, -0.25) is 0 Å². The monoisotopic (exact) mass is 376 g/mol. The van der Waals surface area contributed by atoms with E-state index in [1.54, 1.807) is 13.1 Å². The van der Waals surface area contributed by atoms with Crippen LogP contribution in [0, 0.1) is 5.41 Å². The van der Waals surface area contributed by atoms with Crippen LogP contribution in [0.15, 0.2) is 24.3 Å². The summed E-state index contributed by atoms with van der Waals surface area (Å²) in [6.07, 6.45) is -3.51. The lowest BCUT2D eigenvalue weighted by atomic mass is 9.80. The third kappa shape index (κ3) is 5.77. The Morgan fingerprint density at radius 3 is 2.62 bits per heavy atom. The summed E-state index contributed by atoms with van der Waals surface area (Å²) in [6.45, 7) is 1.22. The van der Waals surface area contributed by atoms with Gasteiger partial charge in [0.1, 0.15) is 5.75 Å². The van der Waals surface area contributed by atoms with E-state index in [-0.39, 0.29) is 24.5 Å². The first-order valence-corrected chi connectivity index (χ1v) is 8.26. The van der Waals surface area contributed by atoms with Gasteiger partial charge >= 0.3 is 12.4 Å². The fourth-order valence-electron chi connectivity index (χ4n) is 2.93. The van der Waals surface area contributed by atoms with Crippen LogP contribution in [-0.2, 0) is 11.3 Å². The molecule has 0 unspecified atom stereocenters. The Bertz CT molecular complexity index is 604. The first-order chi connectivity index (χ1) is 12.2. The van der Waals surface area contributed by atoms with Crippen LogP contribution in [0.1, 0.15) is 18.4 Å². The number of amides is 2. The molecule has 1 saturated heterocycles. The van der Waals surface area contributed by atoms with E-state index in [0.29, 0.717) is 32.6 Å². The van der Waals surface area contributed by atoms with E-state index >= 15 is 0 Å². The van der Waals surface area contributed by atoms with Crippen molar-refractivity contribution in [3.8, 4) is 5.75 Å². The number of alkyl halides is 3. The van der Waals surface area contributed by atoms with Crippen molar-refractivity contribution in [2.75, 3.05) is 33.4 Å². The smallest absolute Gasteiger partial charge is 0.405 e. The molecule has 0 aliphatic carbocycles. The van der Waals surface area contributed by atoms with Crippen LogP contribution < -0.4 is 10.1 Å². The van der Waals surface area contributed by atoms with Crippen LogP contribution in [0.5, 0.6) is 5.75 Å². The molecule has 0 atom stereocenters. The molecule has 0 spiro atoms. The lowest BCUT2D eigenvalue weighted by Gasteiger charge is -2.38. The number of carbonyl (C=O) groups excluding carboxylic acids is 1. The minimum Gasteiger partial charge on any atom is -0.405 e. The molecule has 1 aromatic rings. The first kappa shape index (κ1) is 20.3. The third-order valence-electron chi connectivity index (χ3n) is 4.44. The Morgan fingerprint density at radius 2 is 2.00 bits per heavy atom. The van der Waals surface area contributed by atoms with Crippen molar-refractivity contribution in [3.05, 3.63) is 29.8 Å². The molecule has 26 heavy (non-hydrogen) atoms. The predicted molar refractivity (Wildman–Crippen MR) is 87.6 cm³/mol. The number of ether oxygens (including phenoxy) is 2. The van der Waals surface area contributed by atoms with Crippen molar-refractivity contribution >= 4 is 6.03 Å². The number of halogens is 3. The van der Waals surface area contributed by atoms with Gasteiger partial charge < -0.3 is 24.8 Å². The normalized spacial score (nSPS) is 16.8. The number of hydrogen-bond acceptors (Lipinski definition) is 4. The van der Waals surface area contributed by atoms with Crippen LogP contribution in [0.25, 0.3) is 0 Å². The number of hydrogen-bond donors (Lipinski definition) is 2. The molecule has 1 heterocycles. The maximum Gasteiger partial charge on any atom is 0.573 e. The molecule has 1 aliphatic heterocycles. The molecule has 1 fully saturated rings. The molecule has 0 bridgehead atoms. The van der Waals surface area contributed by atoms with Crippen molar-refractivity contribution in [1.82, 2.24) is 10.2 Å². The second-order valence-electron chi connectivity index (χ2n) is 6.44. The topological polar surface area (TPSA) is 71.0 Å². The molecule has 146 valence electrons. The minimum absolute atomic E-state index is 0.0593. The molecule has 6 nitrogen and oxygen atoms in total. The number of aliphatic hydroxyl groups excluding tert-OH is 1. The van der Waals surface area contributed by atoms with Gasteiger partial charge in [0.15, 0.2) is 0 Å². The van der Waals surface area contributed by atoms with Gasteiger partial charge in [-0.05, 0) is 18.9 Å². The third-order valence-corrected chi connectivity index (χ3v) is 4.44. The number of urea groups is 1. The number of rotatable bonds is 6. The molecule has 9 heteroatoms. The van der Waals surface area contributed by atoms with E-state index in [0.717, 1.165) is 0 Å². The Kier molecular flexibility index (Phi) is 6.71. The first-order valence-electron chi connectivity index (χ1n) is 8.26. The average Bonchev–Trinajstić information content (AvgIpc) is 2.60. The molecule has 1 aromatic carbocycles. The Morgan fingerprint density at radius 1 is 1.35 bits per heavy atom. The number of nitrogens with zero attached hydrogens (tertiary/aromatic N) is 1. The van der Waals surface area contributed by atoms with Gasteiger partial charge in [0, 0.05) is 44.3 Å². The highest BCUT2D eigenvalue weighted by Crippen LogP contribution is 2.31. The largest absolute Gasteiger partial charge is 0.573 e. The number of carbonyl (C=O) groups is 1. The van der Waals surface area contributed by atoms with Crippen LogP contribution in [-0.4, -0.2) is 55.8 Å². The number of benzene rings is 1. The quantitative estimate of drug-likeness (QED) is 0.800. The van der Waals surface area contributed by atoms with Gasteiger partial charge in [-0.15, -0.1) is 13.2 Å². The Labute approximate surface area is 149 Å². The van der Waals surface area contributed by atoms with E-state index < -0.39 is 17.8 Å². The van der Waals surface area contributed by atoms with Crippen molar-refractivity contribution in [2.24, 2.45) is 5.41 Å². The average molecular weight is 376 g/mol. The lowest BCUT2D eigenvalue weighted by molar-refractivity contribution is -0.274. The van der Waals surface area contributed by atoms with Crippen LogP contribution in [0.4, 0.5) is 18.0 Å². The van der Waals surface area contributed by atoms with E-state index in [1.807, 2.05) is 0 Å². The van der Waals surface area contributed by atoms with Crippen molar-refractivity contribution in [3.63, 3.8) is 0 Å². The van der Waals surface area contributed by atoms with Crippen LogP contribution >= 0.6 is 0 Å². The van der Waals surface area contributed by atoms with Crippen LogP contribution in [0.3, 0.4) is 0 Å². The summed E-state index contributed by atoms with van der Waals surface area (Å²) >= 11 is 0. The highest BCUT2D eigenvalue weighted by Gasteiger charge is 2.34. The summed E-state index contributed by atoms with van der Waals surface area (Å²) in [5.41, 5.74) is -0.198. The summed E-state index contributed by atoms with van der Waals surface area (Å²) < 4.78 is 46.6. The van der Waals surface area contributed by atoms with Gasteiger partial charge in [-0.1, -0.05) is 18.2 Å². The zero-order valence-corrected chi connectivity index (χ0v) is 14.5. The molecule has 1 aliphatic rings. The highest BCUT2D eigenvalue weighted by atomic mass is 19.4. The number of nitrogens with one attached hydrogen (secondary N) is 1. The molecule has 2 amide bonds. The number of aliphatic hydroxyl groups is 1. The molecule has 0 aromatic heterocycles. The predicted octanol–water partition coefficient (Wildman–Crippen LogP) is 2.52. The fourth-order valence-corrected chi connectivity index (χ4v) is 2.93. The fraction of sp³-hybridized carbons (Fsp3) is 0.588. The zero-order chi connectivity index (χ0) is 19.2. The molecule has 2 rings (SSSR count). The SMILES string of the molecule is CN(CC1(CO)CCOCC1)C(=O)NCc1ccccc1OC(F)(F)F. The van der Waals surface area contributed by atoms with Crippen molar-refractivity contribution < 1.29 is 32.5 Å². The van der Waals surface area contributed by atoms with Gasteiger partial charge in [-0.2, -0.15) is 0 Å². The summed E-state index contributed by atoms with van der Waals surface area (Å²) in [5.74, 6) is -0.348. The second-order valence-corrected chi connectivity index (χ2v) is 6.44. The zero-order valence-electron chi connectivity index (χ0n) is 14.5. The van der Waals surface area contributed by atoms with E-state index in [1.165, 1.54) is 23.1 Å². The Balaban J connectivity index is 1.94. The second kappa shape index (κ2) is 8.59. The summed E-state index contributed by atoms with van der Waals surface area (Å²) in [4.78, 5) is 13.7. The minimum atomic E-state index is -4.80. The van der Waals surface area contributed by atoms with E-state index in [9.17, 15) is 23.1 Å². The molecular weight excluding hydrogens is 353 g/mol.